The minimum Gasteiger partial charge on any atom is -0.474 e. The van der Waals surface area contributed by atoms with Gasteiger partial charge in [-0.25, -0.2) is 14.2 Å². The number of carbonyl (C=O) groups is 2. The number of halogens is 1. The normalized spacial score (nSPS) is 15.9. The van der Waals surface area contributed by atoms with Gasteiger partial charge in [0.2, 0.25) is 11.8 Å². The number of fused-ring (bicyclic) bond motifs is 4. The van der Waals surface area contributed by atoms with Gasteiger partial charge < -0.3 is 25.4 Å². The summed E-state index contributed by atoms with van der Waals surface area (Å²) in [5.41, 5.74) is 8.75. The van der Waals surface area contributed by atoms with Crippen LogP contribution in [0.15, 0.2) is 30.6 Å². The molecule has 1 saturated carbocycles. The van der Waals surface area contributed by atoms with Crippen LogP contribution in [-0.4, -0.2) is 58.2 Å². The van der Waals surface area contributed by atoms with Crippen molar-refractivity contribution >= 4 is 34.3 Å². The number of carboxylic acid groups (broad SMARTS) is 1. The zero-order valence-electron chi connectivity index (χ0n) is 20.4. The largest absolute Gasteiger partial charge is 0.474 e. The van der Waals surface area contributed by atoms with Gasteiger partial charge in [-0.3, -0.25) is 9.78 Å². The molecule has 2 amide bonds. The number of ether oxygens (including phenoxy) is 1. The van der Waals surface area contributed by atoms with E-state index < -0.39 is 17.3 Å². The number of nitrogen functional groups attached to an aromatic ring is 1. The summed E-state index contributed by atoms with van der Waals surface area (Å²) >= 11 is 0. The van der Waals surface area contributed by atoms with E-state index in [1.165, 1.54) is 17.2 Å². The molecule has 1 aliphatic carbocycles. The number of hydrogen-bond acceptors (Lipinski definition) is 6. The first-order valence-corrected chi connectivity index (χ1v) is 11.9. The molecule has 1 aliphatic heterocycles. The molecule has 0 saturated heterocycles. The Balaban J connectivity index is 1.47. The number of hydrogen-bond donors (Lipinski definition) is 2. The van der Waals surface area contributed by atoms with Crippen LogP contribution in [-0.2, 0) is 10.2 Å². The molecule has 2 aromatic heterocycles. The lowest BCUT2D eigenvalue weighted by Crippen LogP contribution is -2.43. The van der Waals surface area contributed by atoms with Crippen LogP contribution >= 0.6 is 0 Å². The second-order valence-electron chi connectivity index (χ2n) is 9.70. The molecule has 9 nitrogen and oxygen atoms in total. The fourth-order valence-corrected chi connectivity index (χ4v) is 5.27. The molecule has 0 bridgehead atoms. The molecule has 0 unspecified atom stereocenters. The summed E-state index contributed by atoms with van der Waals surface area (Å²) in [5.74, 6) is -0.258. The van der Waals surface area contributed by atoms with E-state index in [0.29, 0.717) is 16.6 Å². The molecular formula is C26H28FN5O4. The number of rotatable bonds is 6. The van der Waals surface area contributed by atoms with E-state index in [1.807, 2.05) is 0 Å². The average Bonchev–Trinajstić information content (AvgIpc) is 3.04. The molecule has 2 aliphatic rings. The van der Waals surface area contributed by atoms with Gasteiger partial charge in [-0.2, -0.15) is 0 Å². The van der Waals surface area contributed by atoms with Gasteiger partial charge in [0.25, 0.3) is 0 Å². The summed E-state index contributed by atoms with van der Waals surface area (Å²) in [6.45, 7) is 3.79. The van der Waals surface area contributed by atoms with Crippen LogP contribution in [0.1, 0.15) is 38.7 Å². The van der Waals surface area contributed by atoms with Gasteiger partial charge in [-0.15, -0.1) is 0 Å². The number of nitrogens with zero attached hydrogens (tertiary/aromatic N) is 4. The average molecular weight is 494 g/mol. The number of nitrogens with two attached hydrogens (primary N) is 1. The van der Waals surface area contributed by atoms with Crippen LogP contribution in [0, 0.1) is 5.82 Å². The molecule has 0 atom stereocenters. The number of amides is 2. The summed E-state index contributed by atoms with van der Waals surface area (Å²) < 4.78 is 20.8. The zero-order valence-corrected chi connectivity index (χ0v) is 20.4. The molecule has 3 N–H and O–H groups in total. The maximum atomic E-state index is 15.2. The quantitative estimate of drug-likeness (QED) is 0.528. The highest BCUT2D eigenvalue weighted by molar-refractivity contribution is 6.13. The lowest BCUT2D eigenvalue weighted by Gasteiger charge is -2.37. The number of benzene rings is 1. The van der Waals surface area contributed by atoms with Crippen molar-refractivity contribution < 1.29 is 23.8 Å². The fraction of sp³-hybridized carbons (Fsp3) is 0.385. The predicted octanol–water partition coefficient (Wildman–Crippen LogP) is 4.18. The van der Waals surface area contributed by atoms with Gasteiger partial charge in [-0.1, -0.05) is 6.42 Å². The molecule has 1 aromatic carbocycles. The van der Waals surface area contributed by atoms with Crippen molar-refractivity contribution in [3.05, 3.63) is 42.0 Å². The van der Waals surface area contributed by atoms with Gasteiger partial charge in [0.05, 0.1) is 35.0 Å². The summed E-state index contributed by atoms with van der Waals surface area (Å²) in [6, 6.07) is 4.50. The van der Waals surface area contributed by atoms with Crippen molar-refractivity contribution in [3.63, 3.8) is 0 Å². The molecule has 36 heavy (non-hydrogen) atoms. The first kappa shape index (κ1) is 23.8. The van der Waals surface area contributed by atoms with Gasteiger partial charge in [0.15, 0.2) is 0 Å². The Hall–Kier alpha value is -3.95. The highest BCUT2D eigenvalue weighted by Gasteiger charge is 2.54. The molecular weight excluding hydrogens is 465 g/mol. The Labute approximate surface area is 207 Å². The van der Waals surface area contributed by atoms with E-state index in [-0.39, 0.29) is 36.7 Å². The predicted molar refractivity (Wildman–Crippen MR) is 134 cm³/mol. The molecule has 5 rings (SSSR count). The fourth-order valence-electron chi connectivity index (χ4n) is 5.27. The lowest BCUT2D eigenvalue weighted by atomic mass is 9.64. The van der Waals surface area contributed by atoms with Gasteiger partial charge in [-0.05, 0) is 38.8 Å². The molecule has 1 spiro atoms. The molecule has 188 valence electrons. The minimum absolute atomic E-state index is 0.0651. The Kier molecular flexibility index (Phi) is 5.69. The summed E-state index contributed by atoms with van der Waals surface area (Å²) in [4.78, 5) is 36.0. The Morgan fingerprint density at radius 1 is 1.28 bits per heavy atom. The van der Waals surface area contributed by atoms with Crippen molar-refractivity contribution in [2.24, 2.45) is 0 Å². The summed E-state index contributed by atoms with van der Waals surface area (Å²) in [5, 5.41) is 10.0. The van der Waals surface area contributed by atoms with Crippen molar-refractivity contribution in [1.82, 2.24) is 14.9 Å². The number of pyridine rings is 2. The van der Waals surface area contributed by atoms with Crippen LogP contribution in [0.4, 0.5) is 20.6 Å². The van der Waals surface area contributed by atoms with Crippen LogP contribution in [0.25, 0.3) is 22.0 Å². The minimum atomic E-state index is -1.03. The highest BCUT2D eigenvalue weighted by Crippen LogP contribution is 2.55. The molecule has 3 heterocycles. The van der Waals surface area contributed by atoms with E-state index in [0.717, 1.165) is 35.9 Å². The summed E-state index contributed by atoms with van der Waals surface area (Å²) in [7, 11) is 1.76. The number of anilines is 2. The maximum Gasteiger partial charge on any atom is 0.407 e. The standard InChI is InChI=1S/C26H28FN5O4/c1-14(2)32(25(34)35)7-8-36-23-19(28)9-15(12-30-23)16-10-17-20(11-18(16)27)29-13-21-22(17)26(5-4-6-26)24(33)31(21)3/h9-14H,4-8,28H2,1-3H3,(H,34,35). The third-order valence-corrected chi connectivity index (χ3v) is 7.33. The number of likely N-dealkylation sites (N-methyl/N-ethyl adjacent to an activating group) is 1. The first-order valence-electron chi connectivity index (χ1n) is 11.9. The SMILES string of the molecule is CC(C)N(CCOc1ncc(-c2cc3c4c(cnc3cc2F)N(C)C(=O)C42CCC2)cc1N)C(=O)O. The first-order chi connectivity index (χ1) is 17.1. The van der Waals surface area contributed by atoms with Gasteiger partial charge in [0.1, 0.15) is 12.4 Å². The Morgan fingerprint density at radius 2 is 2.03 bits per heavy atom. The third-order valence-electron chi connectivity index (χ3n) is 7.33. The Morgan fingerprint density at radius 3 is 2.64 bits per heavy atom. The van der Waals surface area contributed by atoms with E-state index in [2.05, 4.69) is 9.97 Å². The number of aromatic nitrogens is 2. The van der Waals surface area contributed by atoms with Crippen LogP contribution in [0.2, 0.25) is 0 Å². The van der Waals surface area contributed by atoms with E-state index in [9.17, 15) is 14.7 Å². The van der Waals surface area contributed by atoms with Crippen molar-refractivity contribution in [3.8, 4) is 17.0 Å². The molecule has 10 heteroatoms. The zero-order chi connectivity index (χ0) is 25.8. The van der Waals surface area contributed by atoms with E-state index >= 15 is 4.39 Å². The van der Waals surface area contributed by atoms with E-state index in [1.54, 1.807) is 44.1 Å². The van der Waals surface area contributed by atoms with Gasteiger partial charge in [0, 0.05) is 47.4 Å². The van der Waals surface area contributed by atoms with Crippen molar-refractivity contribution in [2.45, 2.75) is 44.6 Å². The second-order valence-corrected chi connectivity index (χ2v) is 9.70. The monoisotopic (exact) mass is 493 g/mol. The number of carbonyl (C=O) groups excluding carboxylic acids is 1. The molecule has 3 aromatic rings. The maximum absolute atomic E-state index is 15.2. The molecule has 1 fully saturated rings. The highest BCUT2D eigenvalue weighted by atomic mass is 19.1. The van der Waals surface area contributed by atoms with Crippen LogP contribution in [0.3, 0.4) is 0 Å². The van der Waals surface area contributed by atoms with Gasteiger partial charge >= 0.3 is 6.09 Å². The van der Waals surface area contributed by atoms with Crippen molar-refractivity contribution in [1.29, 1.82) is 0 Å². The smallest absolute Gasteiger partial charge is 0.407 e. The van der Waals surface area contributed by atoms with E-state index in [4.69, 9.17) is 10.5 Å². The Bertz CT molecular complexity index is 1390. The third kappa shape index (κ3) is 3.59. The van der Waals surface area contributed by atoms with Crippen molar-refractivity contribution in [2.75, 3.05) is 30.8 Å². The second kappa shape index (κ2) is 8.61. The van der Waals surface area contributed by atoms with Crippen LogP contribution < -0.4 is 15.4 Å². The topological polar surface area (TPSA) is 122 Å². The summed E-state index contributed by atoms with van der Waals surface area (Å²) in [6.07, 6.45) is 4.60. The van der Waals surface area contributed by atoms with Crippen LogP contribution in [0.5, 0.6) is 5.88 Å². The lowest BCUT2D eigenvalue weighted by molar-refractivity contribution is -0.125. The molecule has 0 radical (unpaired) electrons.